The number of alkyl halides is 3. The van der Waals surface area contributed by atoms with Gasteiger partial charge in [-0.25, -0.2) is 0 Å². The Morgan fingerprint density at radius 1 is 1.15 bits per heavy atom. The molecule has 2 nitrogen and oxygen atoms in total. The third-order valence-electron chi connectivity index (χ3n) is 2.93. The first-order chi connectivity index (χ1) is 9.50. The average molecular weight is 301 g/mol. The maximum Gasteiger partial charge on any atom is 0.416 e. The largest absolute Gasteiger partial charge is 0.416 e. The van der Waals surface area contributed by atoms with Crippen molar-refractivity contribution in [3.8, 4) is 0 Å². The molecule has 1 aromatic heterocycles. The standard InChI is InChI=1S/C14H14F3NOS/c15-14(16,17)11-5-3-10(4-6-11)13(9-19)18-8-12-2-1-7-20-12/h1-7,13,18-19H,8-9H2. The Balaban J connectivity index is 2.04. The molecule has 0 aliphatic heterocycles. The number of thiophene rings is 1. The van der Waals surface area contributed by atoms with Crippen LogP contribution in [-0.2, 0) is 12.7 Å². The number of aliphatic hydroxyl groups is 1. The van der Waals surface area contributed by atoms with Crippen molar-refractivity contribution in [1.29, 1.82) is 0 Å². The fraction of sp³-hybridized carbons (Fsp3) is 0.286. The summed E-state index contributed by atoms with van der Waals surface area (Å²) in [6.45, 7) is 0.403. The molecule has 2 rings (SSSR count). The highest BCUT2D eigenvalue weighted by atomic mass is 32.1. The number of rotatable bonds is 5. The molecule has 0 aliphatic rings. The molecule has 1 unspecified atom stereocenters. The number of benzene rings is 1. The number of halogens is 3. The Hall–Kier alpha value is -1.37. The van der Waals surface area contributed by atoms with E-state index in [9.17, 15) is 18.3 Å². The summed E-state index contributed by atoms with van der Waals surface area (Å²) in [5, 5.41) is 14.4. The van der Waals surface area contributed by atoms with Gasteiger partial charge < -0.3 is 10.4 Å². The normalized spacial score (nSPS) is 13.4. The zero-order valence-electron chi connectivity index (χ0n) is 10.5. The molecule has 108 valence electrons. The minimum absolute atomic E-state index is 0.170. The number of nitrogens with one attached hydrogen (secondary N) is 1. The first kappa shape index (κ1) is 15.0. The van der Waals surface area contributed by atoms with Crippen molar-refractivity contribution in [3.63, 3.8) is 0 Å². The lowest BCUT2D eigenvalue weighted by Crippen LogP contribution is -2.23. The zero-order valence-corrected chi connectivity index (χ0v) is 11.3. The second-order valence-electron chi connectivity index (χ2n) is 4.32. The van der Waals surface area contributed by atoms with E-state index in [4.69, 9.17) is 0 Å². The van der Waals surface area contributed by atoms with Crippen molar-refractivity contribution in [2.24, 2.45) is 0 Å². The summed E-state index contributed by atoms with van der Waals surface area (Å²) in [6.07, 6.45) is -4.34. The molecule has 0 spiro atoms. The van der Waals surface area contributed by atoms with Crippen molar-refractivity contribution < 1.29 is 18.3 Å². The molecule has 1 heterocycles. The number of hydrogen-bond acceptors (Lipinski definition) is 3. The molecule has 0 amide bonds. The Kier molecular flexibility index (Phi) is 4.80. The van der Waals surface area contributed by atoms with Gasteiger partial charge in [0.2, 0.25) is 0 Å². The van der Waals surface area contributed by atoms with Crippen LogP contribution in [0.5, 0.6) is 0 Å². The van der Waals surface area contributed by atoms with Crippen LogP contribution >= 0.6 is 11.3 Å². The minimum Gasteiger partial charge on any atom is -0.394 e. The number of aliphatic hydroxyl groups excluding tert-OH is 1. The van der Waals surface area contributed by atoms with Crippen LogP contribution in [0.1, 0.15) is 22.0 Å². The average Bonchev–Trinajstić information content (AvgIpc) is 2.92. The lowest BCUT2D eigenvalue weighted by atomic mass is 10.1. The van der Waals surface area contributed by atoms with Crippen LogP contribution in [0.3, 0.4) is 0 Å². The molecule has 0 radical (unpaired) electrons. The molecule has 20 heavy (non-hydrogen) atoms. The molecule has 0 fully saturated rings. The maximum absolute atomic E-state index is 12.5. The zero-order chi connectivity index (χ0) is 14.6. The van der Waals surface area contributed by atoms with E-state index in [1.165, 1.54) is 12.1 Å². The SMILES string of the molecule is OCC(NCc1cccs1)c1ccc(C(F)(F)F)cc1. The van der Waals surface area contributed by atoms with Crippen molar-refractivity contribution in [3.05, 3.63) is 57.8 Å². The van der Waals surface area contributed by atoms with Gasteiger partial charge in [0.1, 0.15) is 0 Å². The maximum atomic E-state index is 12.5. The predicted octanol–water partition coefficient (Wildman–Crippen LogP) is 3.59. The van der Waals surface area contributed by atoms with E-state index < -0.39 is 11.7 Å². The molecule has 1 atom stereocenters. The molecule has 0 bridgehead atoms. The second kappa shape index (κ2) is 6.39. The van der Waals surface area contributed by atoms with Crippen LogP contribution in [0.2, 0.25) is 0 Å². The van der Waals surface area contributed by atoms with Crippen LogP contribution in [0.15, 0.2) is 41.8 Å². The van der Waals surface area contributed by atoms with Gasteiger partial charge in [0.25, 0.3) is 0 Å². The summed E-state index contributed by atoms with van der Waals surface area (Å²) in [4.78, 5) is 1.11. The topological polar surface area (TPSA) is 32.3 Å². The van der Waals surface area contributed by atoms with E-state index in [1.54, 1.807) is 11.3 Å². The summed E-state index contributed by atoms with van der Waals surface area (Å²) in [5.41, 5.74) is -0.0479. The molecule has 0 aliphatic carbocycles. The van der Waals surface area contributed by atoms with Crippen LogP contribution in [0, 0.1) is 0 Å². The van der Waals surface area contributed by atoms with Gasteiger partial charge in [0, 0.05) is 11.4 Å². The van der Waals surface area contributed by atoms with Crippen LogP contribution in [-0.4, -0.2) is 11.7 Å². The molecule has 0 saturated carbocycles. The molecule has 2 N–H and O–H groups in total. The molecule has 0 saturated heterocycles. The molecular formula is C14H14F3NOS. The van der Waals surface area contributed by atoms with Gasteiger partial charge in [0.05, 0.1) is 18.2 Å². The van der Waals surface area contributed by atoms with Gasteiger partial charge >= 0.3 is 6.18 Å². The van der Waals surface area contributed by atoms with Crippen LogP contribution < -0.4 is 5.32 Å². The minimum atomic E-state index is -4.34. The lowest BCUT2D eigenvalue weighted by molar-refractivity contribution is -0.137. The van der Waals surface area contributed by atoms with Gasteiger partial charge in [0.15, 0.2) is 0 Å². The predicted molar refractivity (Wildman–Crippen MR) is 72.4 cm³/mol. The third-order valence-corrected chi connectivity index (χ3v) is 3.80. The summed E-state index contributed by atoms with van der Waals surface area (Å²) in [7, 11) is 0. The quantitative estimate of drug-likeness (QED) is 0.884. The van der Waals surface area contributed by atoms with Crippen molar-refractivity contribution in [2.75, 3.05) is 6.61 Å². The Bertz CT molecular complexity index is 522. The van der Waals surface area contributed by atoms with E-state index in [0.717, 1.165) is 17.0 Å². The van der Waals surface area contributed by atoms with Crippen LogP contribution in [0.4, 0.5) is 13.2 Å². The Morgan fingerprint density at radius 3 is 2.35 bits per heavy atom. The summed E-state index contributed by atoms with van der Waals surface area (Å²) in [5.74, 6) is 0. The van der Waals surface area contributed by atoms with E-state index in [1.807, 2.05) is 17.5 Å². The molecule has 1 aromatic carbocycles. The van der Waals surface area contributed by atoms with Gasteiger partial charge in [-0.05, 0) is 29.1 Å². The van der Waals surface area contributed by atoms with E-state index >= 15 is 0 Å². The first-order valence-corrected chi connectivity index (χ1v) is 6.92. The molecule has 6 heteroatoms. The van der Waals surface area contributed by atoms with Crippen LogP contribution in [0.25, 0.3) is 0 Å². The van der Waals surface area contributed by atoms with Gasteiger partial charge in [-0.3, -0.25) is 0 Å². The fourth-order valence-corrected chi connectivity index (χ4v) is 2.48. The highest BCUT2D eigenvalue weighted by molar-refractivity contribution is 7.09. The van der Waals surface area contributed by atoms with Crippen molar-refractivity contribution in [2.45, 2.75) is 18.8 Å². The van der Waals surface area contributed by atoms with E-state index in [2.05, 4.69) is 5.32 Å². The Labute approximate surface area is 118 Å². The van der Waals surface area contributed by atoms with Crippen molar-refractivity contribution in [1.82, 2.24) is 5.32 Å². The van der Waals surface area contributed by atoms with E-state index in [-0.39, 0.29) is 12.6 Å². The van der Waals surface area contributed by atoms with E-state index in [0.29, 0.717) is 12.1 Å². The van der Waals surface area contributed by atoms with Gasteiger partial charge in [-0.15, -0.1) is 11.3 Å². The smallest absolute Gasteiger partial charge is 0.394 e. The number of hydrogen-bond donors (Lipinski definition) is 2. The Morgan fingerprint density at radius 2 is 1.85 bits per heavy atom. The summed E-state index contributed by atoms with van der Waals surface area (Å²) >= 11 is 1.58. The van der Waals surface area contributed by atoms with Gasteiger partial charge in [-0.1, -0.05) is 18.2 Å². The lowest BCUT2D eigenvalue weighted by Gasteiger charge is -2.17. The van der Waals surface area contributed by atoms with Crippen molar-refractivity contribution >= 4 is 11.3 Å². The third kappa shape index (κ3) is 3.82. The molecular weight excluding hydrogens is 287 g/mol. The monoisotopic (exact) mass is 301 g/mol. The fourth-order valence-electron chi connectivity index (χ4n) is 1.83. The summed E-state index contributed by atoms with van der Waals surface area (Å²) < 4.78 is 37.4. The summed E-state index contributed by atoms with van der Waals surface area (Å²) in [6, 6.07) is 8.36. The molecule has 2 aromatic rings. The first-order valence-electron chi connectivity index (χ1n) is 6.04. The second-order valence-corrected chi connectivity index (χ2v) is 5.35. The highest BCUT2D eigenvalue weighted by Gasteiger charge is 2.30. The highest BCUT2D eigenvalue weighted by Crippen LogP contribution is 2.29. The van der Waals surface area contributed by atoms with Gasteiger partial charge in [-0.2, -0.15) is 13.2 Å².